The van der Waals surface area contributed by atoms with Crippen LogP contribution in [0.4, 0.5) is 5.82 Å². The van der Waals surface area contributed by atoms with Crippen LogP contribution < -0.4 is 16.6 Å². The topological polar surface area (TPSA) is 82.3 Å². The highest BCUT2D eigenvalue weighted by Gasteiger charge is 2.12. The van der Waals surface area contributed by atoms with Gasteiger partial charge in [0.25, 0.3) is 5.56 Å². The van der Waals surface area contributed by atoms with Crippen molar-refractivity contribution in [3.8, 4) is 0 Å². The summed E-state index contributed by atoms with van der Waals surface area (Å²) in [5.74, 6) is -0.240. The molecule has 0 aliphatic carbocycles. The molecule has 98 valence electrons. The van der Waals surface area contributed by atoms with Crippen molar-refractivity contribution in [1.29, 1.82) is 0 Å². The molecule has 7 nitrogen and oxygen atoms in total. The number of carbonyl (C=O) groups excluding carboxylic acids is 1. The van der Waals surface area contributed by atoms with Gasteiger partial charge >= 0.3 is 11.7 Å². The molecule has 1 rings (SSSR count). The Hall–Kier alpha value is -2.31. The first-order chi connectivity index (χ1) is 8.43. The number of ether oxygens (including phenoxy) is 1. The van der Waals surface area contributed by atoms with Crippen molar-refractivity contribution in [1.82, 2.24) is 9.13 Å². The highest BCUT2D eigenvalue weighted by molar-refractivity contribution is 5.87. The van der Waals surface area contributed by atoms with E-state index < -0.39 is 17.2 Å². The summed E-state index contributed by atoms with van der Waals surface area (Å²) in [6.07, 6.45) is 2.45. The number of nitrogens with zero attached hydrogens (tertiary/aromatic N) is 2. The van der Waals surface area contributed by atoms with Gasteiger partial charge in [0, 0.05) is 27.2 Å². The standard InChI is InChI=1S/C11H15N3O4/c1-12-9-7(5-6-8(15)18-4)10(16)14(3)11(17)13(9)2/h5-6,12H,1-4H3/b6-5-. The number of aromatic nitrogens is 2. The SMILES string of the molecule is CNc1c(/C=C\C(=O)OC)c(=O)n(C)c(=O)n1C. The second-order valence-electron chi connectivity index (χ2n) is 3.57. The summed E-state index contributed by atoms with van der Waals surface area (Å²) in [6.45, 7) is 0. The van der Waals surface area contributed by atoms with Crippen LogP contribution in [0.2, 0.25) is 0 Å². The van der Waals surface area contributed by atoms with Crippen molar-refractivity contribution in [3.05, 3.63) is 32.5 Å². The molecule has 0 saturated heterocycles. The Labute approximate surface area is 103 Å². The molecule has 7 heteroatoms. The third kappa shape index (κ3) is 2.34. The van der Waals surface area contributed by atoms with Crippen molar-refractivity contribution in [2.24, 2.45) is 14.1 Å². The van der Waals surface area contributed by atoms with Crippen molar-refractivity contribution in [3.63, 3.8) is 0 Å². The highest BCUT2D eigenvalue weighted by Crippen LogP contribution is 2.08. The lowest BCUT2D eigenvalue weighted by Crippen LogP contribution is -2.39. The molecule has 1 N–H and O–H groups in total. The van der Waals surface area contributed by atoms with Crippen molar-refractivity contribution >= 4 is 17.9 Å². The Bertz CT molecular complexity index is 610. The molecule has 0 aliphatic heterocycles. The molecule has 18 heavy (non-hydrogen) atoms. The number of hydrogen-bond acceptors (Lipinski definition) is 5. The predicted octanol–water partition coefficient (Wildman–Crippen LogP) is -0.688. The van der Waals surface area contributed by atoms with E-state index in [9.17, 15) is 14.4 Å². The maximum Gasteiger partial charge on any atom is 0.332 e. The molecule has 0 aliphatic rings. The quantitative estimate of drug-likeness (QED) is 0.569. The summed E-state index contributed by atoms with van der Waals surface area (Å²) >= 11 is 0. The van der Waals surface area contributed by atoms with E-state index in [1.165, 1.54) is 31.8 Å². The van der Waals surface area contributed by atoms with Crippen LogP contribution in [0, 0.1) is 0 Å². The fourth-order valence-electron chi connectivity index (χ4n) is 1.54. The second-order valence-corrected chi connectivity index (χ2v) is 3.57. The molecule has 0 amide bonds. The summed E-state index contributed by atoms with van der Waals surface area (Å²) in [4.78, 5) is 34.6. The Balaban J connectivity index is 3.53. The van der Waals surface area contributed by atoms with Gasteiger partial charge in [-0.05, 0) is 6.08 Å². The number of anilines is 1. The minimum Gasteiger partial charge on any atom is -0.466 e. The molecular formula is C11H15N3O4. The van der Waals surface area contributed by atoms with Gasteiger partial charge in [-0.25, -0.2) is 9.59 Å². The number of rotatable bonds is 3. The zero-order valence-corrected chi connectivity index (χ0v) is 10.7. The average molecular weight is 253 g/mol. The lowest BCUT2D eigenvalue weighted by Gasteiger charge is -2.12. The van der Waals surface area contributed by atoms with Crippen LogP contribution in [-0.4, -0.2) is 29.3 Å². The summed E-state index contributed by atoms with van der Waals surface area (Å²) in [6, 6.07) is 0. The van der Waals surface area contributed by atoms with E-state index in [4.69, 9.17) is 0 Å². The van der Waals surface area contributed by atoms with Crippen LogP contribution in [-0.2, 0) is 23.6 Å². The fraction of sp³-hybridized carbons (Fsp3) is 0.364. The summed E-state index contributed by atoms with van der Waals surface area (Å²) in [5.41, 5.74) is -0.713. The lowest BCUT2D eigenvalue weighted by atomic mass is 10.2. The molecular weight excluding hydrogens is 238 g/mol. The largest absolute Gasteiger partial charge is 0.466 e. The molecule has 0 bridgehead atoms. The molecule has 0 unspecified atom stereocenters. The number of nitrogens with one attached hydrogen (secondary N) is 1. The van der Waals surface area contributed by atoms with Gasteiger partial charge in [0.1, 0.15) is 5.82 Å². The summed E-state index contributed by atoms with van der Waals surface area (Å²) in [7, 11) is 5.73. The first kappa shape index (κ1) is 13.8. The predicted molar refractivity (Wildman–Crippen MR) is 67.5 cm³/mol. The van der Waals surface area contributed by atoms with E-state index >= 15 is 0 Å². The Morgan fingerprint density at radius 1 is 1.28 bits per heavy atom. The van der Waals surface area contributed by atoms with Crippen LogP contribution in [0.25, 0.3) is 6.08 Å². The van der Waals surface area contributed by atoms with Gasteiger partial charge in [-0.3, -0.25) is 13.9 Å². The van der Waals surface area contributed by atoms with Gasteiger partial charge in [-0.1, -0.05) is 0 Å². The molecule has 0 atom stereocenters. The number of methoxy groups -OCH3 is 1. The minimum absolute atomic E-state index is 0.215. The molecule has 0 fully saturated rings. The van der Waals surface area contributed by atoms with E-state index in [1.54, 1.807) is 7.05 Å². The smallest absolute Gasteiger partial charge is 0.332 e. The maximum atomic E-state index is 11.9. The number of carbonyl (C=O) groups is 1. The first-order valence-corrected chi connectivity index (χ1v) is 5.17. The maximum absolute atomic E-state index is 11.9. The minimum atomic E-state index is -0.576. The Kier molecular flexibility index (Phi) is 4.09. The van der Waals surface area contributed by atoms with Gasteiger partial charge in [-0.2, -0.15) is 0 Å². The molecule has 0 aromatic carbocycles. The van der Waals surface area contributed by atoms with Gasteiger partial charge in [0.2, 0.25) is 0 Å². The second kappa shape index (κ2) is 5.35. The highest BCUT2D eigenvalue weighted by atomic mass is 16.5. The Morgan fingerprint density at radius 3 is 2.39 bits per heavy atom. The molecule has 1 aromatic rings. The van der Waals surface area contributed by atoms with Crippen LogP contribution in [0.3, 0.4) is 0 Å². The van der Waals surface area contributed by atoms with E-state index in [0.717, 1.165) is 10.6 Å². The van der Waals surface area contributed by atoms with Crippen molar-refractivity contribution in [2.75, 3.05) is 19.5 Å². The first-order valence-electron chi connectivity index (χ1n) is 5.17. The summed E-state index contributed by atoms with van der Waals surface area (Å²) in [5, 5.41) is 2.76. The third-order valence-corrected chi connectivity index (χ3v) is 2.52. The molecule has 0 saturated carbocycles. The lowest BCUT2D eigenvalue weighted by molar-refractivity contribution is -0.134. The normalized spacial score (nSPS) is 10.7. The number of hydrogen-bond donors (Lipinski definition) is 1. The van der Waals surface area contributed by atoms with Crippen LogP contribution in [0.15, 0.2) is 15.7 Å². The van der Waals surface area contributed by atoms with E-state index in [1.807, 2.05) is 0 Å². The van der Waals surface area contributed by atoms with E-state index in [0.29, 0.717) is 5.82 Å². The molecule has 1 aromatic heterocycles. The Morgan fingerprint density at radius 2 is 1.89 bits per heavy atom. The van der Waals surface area contributed by atoms with Crippen molar-refractivity contribution < 1.29 is 9.53 Å². The summed E-state index contributed by atoms with van der Waals surface area (Å²) < 4.78 is 6.71. The van der Waals surface area contributed by atoms with E-state index in [-0.39, 0.29) is 5.56 Å². The monoisotopic (exact) mass is 253 g/mol. The third-order valence-electron chi connectivity index (χ3n) is 2.52. The molecule has 0 spiro atoms. The van der Waals surface area contributed by atoms with Crippen molar-refractivity contribution in [2.45, 2.75) is 0 Å². The molecule has 0 radical (unpaired) electrons. The van der Waals surface area contributed by atoms with E-state index in [2.05, 4.69) is 10.1 Å². The zero-order valence-electron chi connectivity index (χ0n) is 10.7. The number of esters is 1. The van der Waals surface area contributed by atoms with Crippen LogP contribution >= 0.6 is 0 Å². The van der Waals surface area contributed by atoms with Gasteiger partial charge in [0.05, 0.1) is 12.7 Å². The van der Waals surface area contributed by atoms with Gasteiger partial charge in [-0.15, -0.1) is 0 Å². The van der Waals surface area contributed by atoms with Crippen LogP contribution in [0.5, 0.6) is 0 Å². The average Bonchev–Trinajstić information content (AvgIpc) is 2.38. The molecule has 1 heterocycles. The zero-order chi connectivity index (χ0) is 13.9. The van der Waals surface area contributed by atoms with Gasteiger partial charge in [0.15, 0.2) is 0 Å². The van der Waals surface area contributed by atoms with Gasteiger partial charge < -0.3 is 10.1 Å². The fourth-order valence-corrected chi connectivity index (χ4v) is 1.54. The van der Waals surface area contributed by atoms with Crippen LogP contribution in [0.1, 0.15) is 5.56 Å².